The van der Waals surface area contributed by atoms with E-state index >= 15 is 0 Å². The van der Waals surface area contributed by atoms with E-state index in [0.29, 0.717) is 13.0 Å². The topological polar surface area (TPSA) is 69.6 Å². The number of nitrogens with zero attached hydrogens (tertiary/aromatic N) is 1. The third-order valence-corrected chi connectivity index (χ3v) is 3.00. The molecule has 5 heteroatoms. The summed E-state index contributed by atoms with van der Waals surface area (Å²) in [6.45, 7) is 2.82. The van der Waals surface area contributed by atoms with Gasteiger partial charge in [-0.15, -0.1) is 0 Å². The Bertz CT molecular complexity index is 268. The quantitative estimate of drug-likeness (QED) is 0.727. The largest absolute Gasteiger partial charge is 0.395 e. The first-order chi connectivity index (χ1) is 8.20. The van der Waals surface area contributed by atoms with E-state index in [1.807, 2.05) is 6.92 Å². The van der Waals surface area contributed by atoms with Gasteiger partial charge in [0.25, 0.3) is 0 Å². The van der Waals surface area contributed by atoms with Crippen molar-refractivity contribution in [2.24, 2.45) is 0 Å². The van der Waals surface area contributed by atoms with Gasteiger partial charge in [-0.05, 0) is 25.7 Å². The molecule has 0 aliphatic carbocycles. The molecule has 1 saturated heterocycles. The fourth-order valence-electron chi connectivity index (χ4n) is 2.16. The Morgan fingerprint density at radius 1 is 1.41 bits per heavy atom. The van der Waals surface area contributed by atoms with E-state index in [1.165, 1.54) is 0 Å². The second-order valence-electron chi connectivity index (χ2n) is 4.36. The van der Waals surface area contributed by atoms with Gasteiger partial charge in [0.1, 0.15) is 6.04 Å². The Morgan fingerprint density at radius 2 is 2.18 bits per heavy atom. The van der Waals surface area contributed by atoms with E-state index in [9.17, 15) is 9.59 Å². The van der Waals surface area contributed by atoms with Gasteiger partial charge in [-0.1, -0.05) is 6.92 Å². The Labute approximate surface area is 102 Å². The molecule has 0 spiro atoms. The Morgan fingerprint density at radius 3 is 2.82 bits per heavy atom. The molecule has 2 amide bonds. The minimum atomic E-state index is -0.339. The summed E-state index contributed by atoms with van der Waals surface area (Å²) in [5.41, 5.74) is 0. The molecule has 1 atom stereocenters. The molecule has 0 bridgehead atoms. The summed E-state index contributed by atoms with van der Waals surface area (Å²) < 4.78 is 0. The first kappa shape index (κ1) is 14.0. The molecule has 0 aromatic carbocycles. The molecule has 0 aromatic heterocycles. The van der Waals surface area contributed by atoms with E-state index < -0.39 is 0 Å². The van der Waals surface area contributed by atoms with Crippen LogP contribution in [-0.2, 0) is 9.59 Å². The zero-order valence-electron chi connectivity index (χ0n) is 10.4. The van der Waals surface area contributed by atoms with Crippen molar-refractivity contribution in [3.05, 3.63) is 0 Å². The Balaban J connectivity index is 2.58. The van der Waals surface area contributed by atoms with Gasteiger partial charge >= 0.3 is 0 Å². The van der Waals surface area contributed by atoms with Crippen molar-refractivity contribution in [1.29, 1.82) is 0 Å². The molecule has 1 heterocycles. The van der Waals surface area contributed by atoms with Gasteiger partial charge in [0.2, 0.25) is 11.8 Å². The maximum absolute atomic E-state index is 11.9. The minimum Gasteiger partial charge on any atom is -0.395 e. The number of carbonyl (C=O) groups excluding carboxylic acids is 2. The van der Waals surface area contributed by atoms with Crippen molar-refractivity contribution in [2.45, 2.75) is 45.1 Å². The SMILES string of the molecule is CCCC(=O)N1CCCCC1C(=O)NCCO. The number of rotatable bonds is 5. The molecule has 1 fully saturated rings. The summed E-state index contributed by atoms with van der Waals surface area (Å²) in [6, 6.07) is -0.339. The number of aliphatic hydroxyl groups excluding tert-OH is 1. The van der Waals surface area contributed by atoms with Gasteiger partial charge in [-0.3, -0.25) is 9.59 Å². The average molecular weight is 242 g/mol. The zero-order chi connectivity index (χ0) is 12.7. The molecule has 0 saturated carbocycles. The van der Waals surface area contributed by atoms with Gasteiger partial charge in [0, 0.05) is 19.5 Å². The summed E-state index contributed by atoms with van der Waals surface area (Å²) in [5.74, 6) is -0.0699. The van der Waals surface area contributed by atoms with Crippen LogP contribution in [-0.4, -0.2) is 47.6 Å². The smallest absolute Gasteiger partial charge is 0.242 e. The van der Waals surface area contributed by atoms with Crippen LogP contribution in [0.1, 0.15) is 39.0 Å². The van der Waals surface area contributed by atoms with Crippen LogP contribution < -0.4 is 5.32 Å². The molecule has 1 aliphatic rings. The monoisotopic (exact) mass is 242 g/mol. The van der Waals surface area contributed by atoms with E-state index in [1.54, 1.807) is 4.90 Å². The number of hydrogen-bond acceptors (Lipinski definition) is 3. The maximum atomic E-state index is 11.9. The number of aliphatic hydroxyl groups is 1. The number of hydrogen-bond donors (Lipinski definition) is 2. The fraction of sp³-hybridized carbons (Fsp3) is 0.833. The third-order valence-electron chi connectivity index (χ3n) is 3.00. The number of nitrogens with one attached hydrogen (secondary N) is 1. The summed E-state index contributed by atoms with van der Waals surface area (Å²) >= 11 is 0. The first-order valence-electron chi connectivity index (χ1n) is 6.38. The minimum absolute atomic E-state index is 0.0661. The van der Waals surface area contributed by atoms with Crippen LogP contribution in [0.2, 0.25) is 0 Å². The van der Waals surface area contributed by atoms with Crippen LogP contribution in [0.4, 0.5) is 0 Å². The summed E-state index contributed by atoms with van der Waals surface area (Å²) in [5, 5.41) is 11.3. The van der Waals surface area contributed by atoms with Crippen molar-refractivity contribution >= 4 is 11.8 Å². The Kier molecular flexibility index (Phi) is 5.97. The second-order valence-corrected chi connectivity index (χ2v) is 4.36. The predicted molar refractivity (Wildman–Crippen MR) is 64.4 cm³/mol. The van der Waals surface area contributed by atoms with Crippen LogP contribution in [0.3, 0.4) is 0 Å². The highest BCUT2D eigenvalue weighted by Crippen LogP contribution is 2.18. The van der Waals surface area contributed by atoms with Crippen LogP contribution in [0, 0.1) is 0 Å². The van der Waals surface area contributed by atoms with Crippen LogP contribution in [0.5, 0.6) is 0 Å². The highest BCUT2D eigenvalue weighted by Gasteiger charge is 2.31. The van der Waals surface area contributed by atoms with Crippen molar-refractivity contribution in [3.63, 3.8) is 0 Å². The molecular weight excluding hydrogens is 220 g/mol. The number of likely N-dealkylation sites (tertiary alicyclic amines) is 1. The van der Waals surface area contributed by atoms with Crippen LogP contribution in [0.15, 0.2) is 0 Å². The molecule has 1 aliphatic heterocycles. The van der Waals surface area contributed by atoms with E-state index in [-0.39, 0.29) is 31.0 Å². The summed E-state index contributed by atoms with van der Waals surface area (Å²) in [7, 11) is 0. The van der Waals surface area contributed by atoms with Gasteiger partial charge in [-0.2, -0.15) is 0 Å². The van der Waals surface area contributed by atoms with Gasteiger partial charge in [-0.25, -0.2) is 0 Å². The lowest BCUT2D eigenvalue weighted by atomic mass is 10.0. The number of amides is 2. The average Bonchev–Trinajstić information content (AvgIpc) is 2.36. The van der Waals surface area contributed by atoms with E-state index in [4.69, 9.17) is 5.11 Å². The third kappa shape index (κ3) is 4.00. The van der Waals surface area contributed by atoms with Gasteiger partial charge < -0.3 is 15.3 Å². The molecule has 1 rings (SSSR count). The highest BCUT2D eigenvalue weighted by atomic mass is 16.3. The van der Waals surface area contributed by atoms with Crippen molar-refractivity contribution in [1.82, 2.24) is 10.2 Å². The zero-order valence-corrected chi connectivity index (χ0v) is 10.4. The van der Waals surface area contributed by atoms with Crippen molar-refractivity contribution in [3.8, 4) is 0 Å². The molecule has 0 radical (unpaired) electrons. The predicted octanol–water partition coefficient (Wildman–Crippen LogP) is 0.276. The van der Waals surface area contributed by atoms with Crippen LogP contribution in [0.25, 0.3) is 0 Å². The van der Waals surface area contributed by atoms with Crippen molar-refractivity contribution in [2.75, 3.05) is 19.7 Å². The normalized spacial score (nSPS) is 20.1. The number of piperidine rings is 1. The van der Waals surface area contributed by atoms with Crippen LogP contribution >= 0.6 is 0 Å². The van der Waals surface area contributed by atoms with Gasteiger partial charge in [0.05, 0.1) is 6.61 Å². The molecule has 1 unspecified atom stereocenters. The second kappa shape index (κ2) is 7.27. The maximum Gasteiger partial charge on any atom is 0.242 e. The lowest BCUT2D eigenvalue weighted by Gasteiger charge is -2.34. The van der Waals surface area contributed by atoms with E-state index in [0.717, 1.165) is 25.7 Å². The fourth-order valence-corrected chi connectivity index (χ4v) is 2.16. The summed E-state index contributed by atoms with van der Waals surface area (Å²) in [6.07, 6.45) is 3.99. The molecule has 17 heavy (non-hydrogen) atoms. The standard InChI is InChI=1S/C12H22N2O3/c1-2-5-11(16)14-8-4-3-6-10(14)12(17)13-7-9-15/h10,15H,2-9H2,1H3,(H,13,17). The lowest BCUT2D eigenvalue weighted by Crippen LogP contribution is -2.52. The first-order valence-corrected chi connectivity index (χ1v) is 6.38. The molecular formula is C12H22N2O3. The summed E-state index contributed by atoms with van der Waals surface area (Å²) in [4.78, 5) is 25.4. The van der Waals surface area contributed by atoms with E-state index in [2.05, 4.69) is 5.32 Å². The number of carbonyl (C=O) groups is 2. The Hall–Kier alpha value is -1.10. The lowest BCUT2D eigenvalue weighted by molar-refractivity contribution is -0.142. The molecule has 5 nitrogen and oxygen atoms in total. The van der Waals surface area contributed by atoms with Gasteiger partial charge in [0.15, 0.2) is 0 Å². The molecule has 2 N–H and O–H groups in total. The molecule has 98 valence electrons. The highest BCUT2D eigenvalue weighted by molar-refractivity contribution is 5.87. The van der Waals surface area contributed by atoms with Crippen molar-refractivity contribution < 1.29 is 14.7 Å². The molecule has 0 aromatic rings.